The van der Waals surface area contributed by atoms with Crippen LogP contribution in [0.25, 0.3) is 0 Å². The minimum Gasteiger partial charge on any atom is -0.373 e. The van der Waals surface area contributed by atoms with Crippen LogP contribution in [0.2, 0.25) is 5.02 Å². The smallest absolute Gasteiger partial charge is 0.0793 e. The Labute approximate surface area is 115 Å². The fourth-order valence-electron chi connectivity index (χ4n) is 2.56. The zero-order valence-corrected chi connectivity index (χ0v) is 12.0. The molecule has 0 saturated heterocycles. The number of anilines is 2. The second-order valence-corrected chi connectivity index (χ2v) is 5.43. The first kappa shape index (κ1) is 13.5. The van der Waals surface area contributed by atoms with E-state index in [4.69, 9.17) is 17.3 Å². The molecule has 3 nitrogen and oxygen atoms in total. The lowest BCUT2D eigenvalue weighted by Gasteiger charge is -2.27. The van der Waals surface area contributed by atoms with E-state index in [1.54, 1.807) is 0 Å². The zero-order chi connectivity index (χ0) is 13.1. The molecular weight excluding hydrogens is 246 g/mol. The molecule has 0 atom stereocenters. The molecule has 1 aromatic rings. The lowest BCUT2D eigenvalue weighted by atomic mass is 10.1. The Balaban J connectivity index is 2.41. The highest BCUT2D eigenvalue weighted by Gasteiger charge is 2.21. The lowest BCUT2D eigenvalue weighted by Crippen LogP contribution is -2.27. The van der Waals surface area contributed by atoms with Crippen LogP contribution in [-0.4, -0.2) is 33.2 Å². The topological polar surface area (TPSA) is 32.5 Å². The average molecular weight is 268 g/mol. The highest BCUT2D eigenvalue weighted by atomic mass is 35.5. The van der Waals surface area contributed by atoms with Crippen molar-refractivity contribution in [1.82, 2.24) is 0 Å². The van der Waals surface area contributed by atoms with E-state index < -0.39 is 0 Å². The third-order valence-corrected chi connectivity index (χ3v) is 3.76. The van der Waals surface area contributed by atoms with Gasteiger partial charge in [0.1, 0.15) is 0 Å². The van der Waals surface area contributed by atoms with E-state index in [-0.39, 0.29) is 0 Å². The van der Waals surface area contributed by atoms with Crippen LogP contribution in [-0.2, 0) is 0 Å². The van der Waals surface area contributed by atoms with Gasteiger partial charge in [-0.1, -0.05) is 11.6 Å². The van der Waals surface area contributed by atoms with Crippen LogP contribution in [0, 0.1) is 6.92 Å². The summed E-state index contributed by atoms with van der Waals surface area (Å²) >= 11 is 6.46. The molecule has 0 aliphatic carbocycles. The molecule has 1 aromatic carbocycles. The quantitative estimate of drug-likeness (QED) is 0.914. The molecule has 0 saturated carbocycles. The SMILES string of the molecule is Cc1cc(Cl)c2c(c1)N(C)CCCN2CCCN. The maximum Gasteiger partial charge on any atom is 0.0793 e. The summed E-state index contributed by atoms with van der Waals surface area (Å²) in [5.41, 5.74) is 9.26. The highest BCUT2D eigenvalue weighted by Crippen LogP contribution is 2.39. The molecule has 2 rings (SSSR count). The van der Waals surface area contributed by atoms with Crippen molar-refractivity contribution in [2.24, 2.45) is 5.73 Å². The highest BCUT2D eigenvalue weighted by molar-refractivity contribution is 6.34. The Hall–Kier alpha value is -0.930. The molecule has 1 aliphatic heterocycles. The van der Waals surface area contributed by atoms with Crippen molar-refractivity contribution in [2.45, 2.75) is 19.8 Å². The molecule has 0 amide bonds. The van der Waals surface area contributed by atoms with E-state index in [9.17, 15) is 0 Å². The molecule has 0 spiro atoms. The van der Waals surface area contributed by atoms with Crippen LogP contribution < -0.4 is 15.5 Å². The molecule has 0 unspecified atom stereocenters. The van der Waals surface area contributed by atoms with E-state index in [1.807, 2.05) is 0 Å². The van der Waals surface area contributed by atoms with E-state index in [0.717, 1.165) is 44.0 Å². The van der Waals surface area contributed by atoms with Gasteiger partial charge in [-0.25, -0.2) is 0 Å². The minimum absolute atomic E-state index is 0.727. The van der Waals surface area contributed by atoms with Gasteiger partial charge in [-0.3, -0.25) is 0 Å². The Morgan fingerprint density at radius 1 is 1.33 bits per heavy atom. The van der Waals surface area contributed by atoms with E-state index in [1.165, 1.54) is 16.9 Å². The maximum absolute atomic E-state index is 6.46. The van der Waals surface area contributed by atoms with Crippen LogP contribution in [0.4, 0.5) is 11.4 Å². The third-order valence-electron chi connectivity index (χ3n) is 3.47. The van der Waals surface area contributed by atoms with Gasteiger partial charge in [-0.05, 0) is 44.0 Å². The lowest BCUT2D eigenvalue weighted by molar-refractivity contribution is 0.710. The molecule has 4 heteroatoms. The van der Waals surface area contributed by atoms with E-state index in [0.29, 0.717) is 0 Å². The number of hydrogen-bond donors (Lipinski definition) is 1. The Kier molecular flexibility index (Phi) is 4.36. The van der Waals surface area contributed by atoms with Crippen LogP contribution >= 0.6 is 11.6 Å². The monoisotopic (exact) mass is 267 g/mol. The van der Waals surface area contributed by atoms with Gasteiger partial charge in [0, 0.05) is 26.7 Å². The summed E-state index contributed by atoms with van der Waals surface area (Å²) in [7, 11) is 2.14. The van der Waals surface area contributed by atoms with Crippen LogP contribution in [0.1, 0.15) is 18.4 Å². The summed E-state index contributed by atoms with van der Waals surface area (Å²) in [6.45, 7) is 5.94. The van der Waals surface area contributed by atoms with Crippen molar-refractivity contribution in [3.05, 3.63) is 22.7 Å². The van der Waals surface area contributed by atoms with Crippen molar-refractivity contribution in [3.8, 4) is 0 Å². The molecule has 0 fully saturated rings. The summed E-state index contributed by atoms with van der Waals surface area (Å²) < 4.78 is 0. The van der Waals surface area contributed by atoms with Crippen molar-refractivity contribution >= 4 is 23.0 Å². The molecule has 0 radical (unpaired) electrons. The summed E-state index contributed by atoms with van der Waals surface area (Å²) in [6.07, 6.45) is 2.17. The molecule has 100 valence electrons. The van der Waals surface area contributed by atoms with Crippen molar-refractivity contribution in [1.29, 1.82) is 0 Å². The van der Waals surface area contributed by atoms with E-state index in [2.05, 4.69) is 35.9 Å². The van der Waals surface area contributed by atoms with Gasteiger partial charge >= 0.3 is 0 Å². The molecule has 0 aromatic heterocycles. The first-order valence-corrected chi connectivity index (χ1v) is 6.97. The first-order valence-electron chi connectivity index (χ1n) is 6.60. The van der Waals surface area contributed by atoms with Gasteiger partial charge in [0.15, 0.2) is 0 Å². The number of benzene rings is 1. The summed E-state index contributed by atoms with van der Waals surface area (Å²) in [5.74, 6) is 0. The average Bonchev–Trinajstić information content (AvgIpc) is 2.47. The van der Waals surface area contributed by atoms with Gasteiger partial charge in [-0.15, -0.1) is 0 Å². The third kappa shape index (κ3) is 2.73. The molecule has 1 heterocycles. The second kappa shape index (κ2) is 5.81. The summed E-state index contributed by atoms with van der Waals surface area (Å²) in [4.78, 5) is 4.68. The van der Waals surface area contributed by atoms with E-state index >= 15 is 0 Å². The molecular formula is C14H22ClN3. The fourth-order valence-corrected chi connectivity index (χ4v) is 2.95. The number of fused-ring (bicyclic) bond motifs is 1. The number of halogens is 1. The van der Waals surface area contributed by atoms with Crippen molar-refractivity contribution in [3.63, 3.8) is 0 Å². The predicted octanol–water partition coefficient (Wildman–Crippen LogP) is 2.64. The second-order valence-electron chi connectivity index (χ2n) is 5.02. The molecule has 18 heavy (non-hydrogen) atoms. The molecule has 1 aliphatic rings. The van der Waals surface area contributed by atoms with Crippen molar-refractivity contribution < 1.29 is 0 Å². The van der Waals surface area contributed by atoms with Crippen LogP contribution in [0.3, 0.4) is 0 Å². The molecule has 0 bridgehead atoms. The maximum atomic E-state index is 6.46. The summed E-state index contributed by atoms with van der Waals surface area (Å²) in [5, 5.41) is 0.857. The summed E-state index contributed by atoms with van der Waals surface area (Å²) in [6, 6.07) is 4.27. The van der Waals surface area contributed by atoms with Crippen LogP contribution in [0.15, 0.2) is 12.1 Å². The number of rotatable bonds is 3. The standard InChI is InChI=1S/C14H22ClN3/c1-11-9-12(15)14-13(10-11)17(2)6-4-8-18(14)7-3-5-16/h9-10H,3-8,16H2,1-2H3. The van der Waals surface area contributed by atoms with Gasteiger partial charge in [0.05, 0.1) is 16.4 Å². The Morgan fingerprint density at radius 2 is 2.11 bits per heavy atom. The minimum atomic E-state index is 0.727. The Bertz CT molecular complexity index is 420. The Morgan fingerprint density at radius 3 is 2.83 bits per heavy atom. The van der Waals surface area contributed by atoms with Gasteiger partial charge in [-0.2, -0.15) is 0 Å². The first-order chi connectivity index (χ1) is 8.63. The number of nitrogens with two attached hydrogens (primary N) is 1. The molecule has 2 N–H and O–H groups in total. The van der Waals surface area contributed by atoms with Gasteiger partial charge in [0.25, 0.3) is 0 Å². The van der Waals surface area contributed by atoms with Crippen LogP contribution in [0.5, 0.6) is 0 Å². The van der Waals surface area contributed by atoms with Gasteiger partial charge < -0.3 is 15.5 Å². The zero-order valence-electron chi connectivity index (χ0n) is 11.2. The normalized spacial score (nSPS) is 15.6. The predicted molar refractivity (Wildman–Crippen MR) is 80.0 cm³/mol. The van der Waals surface area contributed by atoms with Crippen molar-refractivity contribution in [2.75, 3.05) is 43.0 Å². The number of hydrogen-bond acceptors (Lipinski definition) is 3. The van der Waals surface area contributed by atoms with Gasteiger partial charge in [0.2, 0.25) is 0 Å². The fraction of sp³-hybridized carbons (Fsp3) is 0.571. The number of aryl methyl sites for hydroxylation is 1. The largest absolute Gasteiger partial charge is 0.373 e. The number of nitrogens with zero attached hydrogens (tertiary/aromatic N) is 2.